The molecule has 2 heterocycles. The van der Waals surface area contributed by atoms with Gasteiger partial charge in [-0.2, -0.15) is 4.57 Å². The second kappa shape index (κ2) is 7.09. The molecule has 1 aromatic heterocycles. The number of aryl methyl sites for hydroxylation is 2. The summed E-state index contributed by atoms with van der Waals surface area (Å²) in [6.45, 7) is 13.5. The van der Waals surface area contributed by atoms with Gasteiger partial charge in [-0.25, -0.2) is 0 Å². The molecule has 0 aliphatic carbocycles. The minimum Gasteiger partial charge on any atom is -0.450 e. The van der Waals surface area contributed by atoms with Crippen molar-refractivity contribution in [1.82, 2.24) is 0 Å². The molecule has 0 amide bonds. The van der Waals surface area contributed by atoms with Gasteiger partial charge in [-0.15, -0.1) is 0 Å². The van der Waals surface area contributed by atoms with Gasteiger partial charge in [0, 0.05) is 17.5 Å². The molecular formula is C29H32NO+. The smallest absolute Gasteiger partial charge is 0.256 e. The Kier molecular flexibility index (Phi) is 4.58. The van der Waals surface area contributed by atoms with Crippen LogP contribution in [0, 0.1) is 19.8 Å². The maximum absolute atomic E-state index is 6.62. The molecule has 5 rings (SSSR count). The molecule has 0 bridgehead atoms. The molecule has 0 fully saturated rings. The van der Waals surface area contributed by atoms with Gasteiger partial charge in [-0.05, 0) is 71.9 Å². The average molecular weight is 411 g/mol. The third-order valence-electron chi connectivity index (χ3n) is 6.82. The lowest BCUT2D eigenvalue weighted by Crippen LogP contribution is -2.33. The zero-order valence-corrected chi connectivity index (χ0v) is 19.8. The molecule has 1 aliphatic rings. The van der Waals surface area contributed by atoms with Crippen molar-refractivity contribution in [2.75, 3.05) is 0 Å². The van der Waals surface area contributed by atoms with Gasteiger partial charge in [0.1, 0.15) is 12.8 Å². The zero-order valence-electron chi connectivity index (χ0n) is 19.8. The fourth-order valence-corrected chi connectivity index (χ4v) is 5.08. The molecule has 158 valence electrons. The van der Waals surface area contributed by atoms with Gasteiger partial charge in [0.15, 0.2) is 5.75 Å². The van der Waals surface area contributed by atoms with Gasteiger partial charge in [0.25, 0.3) is 5.69 Å². The molecule has 0 spiro atoms. The Bertz CT molecular complexity index is 1360. The van der Waals surface area contributed by atoms with Gasteiger partial charge < -0.3 is 4.74 Å². The van der Waals surface area contributed by atoms with Gasteiger partial charge in [-0.1, -0.05) is 45.9 Å². The van der Waals surface area contributed by atoms with Crippen LogP contribution >= 0.6 is 0 Å². The highest BCUT2D eigenvalue weighted by Crippen LogP contribution is 2.49. The van der Waals surface area contributed by atoms with Crippen LogP contribution in [0.4, 0.5) is 0 Å². The third kappa shape index (κ3) is 3.12. The molecule has 2 nitrogen and oxygen atoms in total. The van der Waals surface area contributed by atoms with Crippen molar-refractivity contribution in [3.63, 3.8) is 0 Å². The Hall–Kier alpha value is -2.87. The molecule has 31 heavy (non-hydrogen) atoms. The number of rotatable bonds is 3. The quantitative estimate of drug-likeness (QED) is 0.280. The van der Waals surface area contributed by atoms with Crippen molar-refractivity contribution in [3.8, 4) is 22.8 Å². The summed E-state index contributed by atoms with van der Waals surface area (Å²) in [4.78, 5) is 0. The molecule has 0 saturated carbocycles. The third-order valence-corrected chi connectivity index (χ3v) is 6.82. The van der Waals surface area contributed by atoms with Crippen LogP contribution in [0.1, 0.15) is 55.9 Å². The molecule has 0 unspecified atom stereocenters. The SMILES string of the molecule is Cc1cc2cc(C(C)C)cc3c2c(c1C)-c1c(cc2cc(CC(C)C)ccc2[n+]1C)O3. The molecule has 0 N–H and O–H groups in total. The lowest BCUT2D eigenvalue weighted by atomic mass is 9.88. The number of aromatic nitrogens is 1. The van der Waals surface area contributed by atoms with Crippen molar-refractivity contribution in [2.24, 2.45) is 13.0 Å². The Morgan fingerprint density at radius 2 is 1.65 bits per heavy atom. The zero-order chi connectivity index (χ0) is 22.0. The van der Waals surface area contributed by atoms with Crippen LogP contribution in [0.5, 0.6) is 11.5 Å². The maximum Gasteiger partial charge on any atom is 0.256 e. The molecule has 2 heteroatoms. The largest absolute Gasteiger partial charge is 0.450 e. The first kappa shape index (κ1) is 20.1. The number of nitrogens with zero attached hydrogens (tertiary/aromatic N) is 1. The first-order valence-corrected chi connectivity index (χ1v) is 11.5. The van der Waals surface area contributed by atoms with Gasteiger partial charge in [-0.3, -0.25) is 0 Å². The van der Waals surface area contributed by atoms with E-state index in [1.807, 2.05) is 0 Å². The highest BCUT2D eigenvalue weighted by atomic mass is 16.5. The first-order chi connectivity index (χ1) is 14.7. The van der Waals surface area contributed by atoms with Crippen LogP contribution in [0.25, 0.3) is 32.9 Å². The number of hydrogen-bond acceptors (Lipinski definition) is 1. The standard InChI is InChI=1S/C29H32NO/c1-16(2)10-20-8-9-24-22(12-20)15-26-29(30(24)7)27-19(6)18(5)11-23-13-21(17(3)4)14-25(31-26)28(23)27/h8-9,11-17H,10H2,1-7H3/q+1. The summed E-state index contributed by atoms with van der Waals surface area (Å²) >= 11 is 0. The second-order valence-electron chi connectivity index (χ2n) is 9.97. The average Bonchev–Trinajstić information content (AvgIpc) is 2.70. The van der Waals surface area contributed by atoms with E-state index in [4.69, 9.17) is 4.74 Å². The summed E-state index contributed by atoms with van der Waals surface area (Å²) in [5, 5.41) is 3.76. The van der Waals surface area contributed by atoms with E-state index in [9.17, 15) is 0 Å². The Morgan fingerprint density at radius 1 is 0.871 bits per heavy atom. The molecule has 1 aliphatic heterocycles. The van der Waals surface area contributed by atoms with E-state index >= 15 is 0 Å². The van der Waals surface area contributed by atoms with E-state index in [0.29, 0.717) is 11.8 Å². The van der Waals surface area contributed by atoms with Gasteiger partial charge in [0.2, 0.25) is 5.52 Å². The predicted molar refractivity (Wildman–Crippen MR) is 130 cm³/mol. The van der Waals surface area contributed by atoms with Crippen LogP contribution in [-0.2, 0) is 13.5 Å². The Morgan fingerprint density at radius 3 is 2.35 bits per heavy atom. The highest BCUT2D eigenvalue weighted by Gasteiger charge is 2.32. The number of hydrogen-bond donors (Lipinski definition) is 0. The lowest BCUT2D eigenvalue weighted by molar-refractivity contribution is -0.633. The topological polar surface area (TPSA) is 13.1 Å². The van der Waals surface area contributed by atoms with E-state index < -0.39 is 0 Å². The summed E-state index contributed by atoms with van der Waals surface area (Å²) in [7, 11) is 2.17. The molecule has 4 aromatic rings. The fraction of sp³-hybridized carbons (Fsp3) is 0.345. The minimum absolute atomic E-state index is 0.460. The second-order valence-corrected chi connectivity index (χ2v) is 9.97. The van der Waals surface area contributed by atoms with Crippen LogP contribution in [0.2, 0.25) is 0 Å². The molecule has 0 saturated heterocycles. The van der Waals surface area contributed by atoms with E-state index in [0.717, 1.165) is 17.9 Å². The van der Waals surface area contributed by atoms with Crippen molar-refractivity contribution >= 4 is 21.7 Å². The monoisotopic (exact) mass is 410 g/mol. The van der Waals surface area contributed by atoms with Crippen molar-refractivity contribution < 1.29 is 9.30 Å². The number of ether oxygens (including phenoxy) is 1. The van der Waals surface area contributed by atoms with Gasteiger partial charge >= 0.3 is 0 Å². The molecular weight excluding hydrogens is 378 g/mol. The highest BCUT2D eigenvalue weighted by molar-refractivity contribution is 6.05. The van der Waals surface area contributed by atoms with Crippen molar-refractivity contribution in [1.29, 1.82) is 0 Å². The van der Waals surface area contributed by atoms with Gasteiger partial charge in [0.05, 0.1) is 10.9 Å². The molecule has 3 aromatic carbocycles. The predicted octanol–water partition coefficient (Wildman–Crippen LogP) is 7.53. The Labute approximate surface area is 185 Å². The fourth-order valence-electron chi connectivity index (χ4n) is 5.08. The summed E-state index contributed by atoms with van der Waals surface area (Å²) in [5.74, 6) is 3.05. The van der Waals surface area contributed by atoms with E-state index in [-0.39, 0.29) is 0 Å². The number of benzene rings is 3. The van der Waals surface area contributed by atoms with Crippen LogP contribution in [0.3, 0.4) is 0 Å². The number of fused-ring (bicyclic) bond motifs is 3. The maximum atomic E-state index is 6.62. The van der Waals surface area contributed by atoms with E-state index in [1.165, 1.54) is 55.2 Å². The summed E-state index contributed by atoms with van der Waals surface area (Å²) in [5.41, 5.74) is 9.11. The normalized spacial score (nSPS) is 12.7. The van der Waals surface area contributed by atoms with Crippen LogP contribution in [-0.4, -0.2) is 0 Å². The molecule has 0 atom stereocenters. The first-order valence-electron chi connectivity index (χ1n) is 11.5. The van der Waals surface area contributed by atoms with E-state index in [1.54, 1.807) is 0 Å². The van der Waals surface area contributed by atoms with Crippen LogP contribution < -0.4 is 9.30 Å². The summed E-state index contributed by atoms with van der Waals surface area (Å²) < 4.78 is 8.95. The Balaban J connectivity index is 1.84. The van der Waals surface area contributed by atoms with Crippen LogP contribution in [0.15, 0.2) is 42.5 Å². The van der Waals surface area contributed by atoms with E-state index in [2.05, 4.69) is 95.6 Å². The lowest BCUT2D eigenvalue weighted by Gasteiger charge is -2.24. The summed E-state index contributed by atoms with van der Waals surface area (Å²) in [6.07, 6.45) is 1.09. The van der Waals surface area contributed by atoms with Crippen molar-refractivity contribution in [2.45, 2.75) is 53.9 Å². The number of pyridine rings is 1. The minimum atomic E-state index is 0.460. The summed E-state index contributed by atoms with van der Waals surface area (Å²) in [6, 6.07) is 16.0. The van der Waals surface area contributed by atoms with Crippen molar-refractivity contribution in [3.05, 3.63) is 64.7 Å². The molecule has 0 radical (unpaired) electrons.